The molecule has 0 spiro atoms. The quantitative estimate of drug-likeness (QED) is 0.860. The minimum absolute atomic E-state index is 0.00361. The van der Waals surface area contributed by atoms with Crippen molar-refractivity contribution >= 4 is 17.1 Å². The molecule has 5 nitrogen and oxygen atoms in total. The molecule has 1 aromatic heterocycles. The first kappa shape index (κ1) is 16.4. The molecule has 1 unspecified atom stereocenters. The number of hydrogen-bond acceptors (Lipinski definition) is 4. The maximum absolute atomic E-state index is 14.4. The monoisotopic (exact) mass is 308 g/mol. The lowest BCUT2D eigenvalue weighted by atomic mass is 10.2. The van der Waals surface area contributed by atoms with E-state index in [0.29, 0.717) is 17.6 Å². The number of carbonyl (C=O) groups excluding carboxylic acids is 1. The number of carbonyl (C=O) groups is 1. The summed E-state index contributed by atoms with van der Waals surface area (Å²) in [6.07, 6.45) is -2.14. The van der Waals surface area contributed by atoms with Crippen LogP contribution in [0.3, 0.4) is 0 Å². The van der Waals surface area contributed by atoms with Crippen molar-refractivity contribution in [3.8, 4) is 0 Å². The second-order valence-corrected chi connectivity index (χ2v) is 5.90. The number of aromatic nitrogens is 2. The molecule has 0 aliphatic carbocycles. The molecule has 1 heterocycles. The summed E-state index contributed by atoms with van der Waals surface area (Å²) in [5.41, 5.74) is 0.388. The van der Waals surface area contributed by atoms with Crippen molar-refractivity contribution in [1.29, 1.82) is 0 Å². The van der Waals surface area contributed by atoms with Crippen molar-refractivity contribution in [3.05, 3.63) is 30.1 Å². The van der Waals surface area contributed by atoms with Crippen LogP contribution in [-0.4, -0.2) is 34.5 Å². The van der Waals surface area contributed by atoms with Gasteiger partial charge in [0.15, 0.2) is 12.0 Å². The van der Waals surface area contributed by atoms with Crippen molar-refractivity contribution in [1.82, 2.24) is 9.55 Å². The lowest BCUT2D eigenvalue weighted by Crippen LogP contribution is -2.28. The summed E-state index contributed by atoms with van der Waals surface area (Å²) in [6.45, 7) is 7.31. The van der Waals surface area contributed by atoms with Crippen LogP contribution in [0, 0.1) is 0 Å². The number of fused-ring (bicyclic) bond motifs is 1. The number of imidazole rings is 1. The van der Waals surface area contributed by atoms with Crippen molar-refractivity contribution in [2.45, 2.75) is 39.5 Å². The van der Waals surface area contributed by atoms with Gasteiger partial charge in [0.25, 0.3) is 0 Å². The average Bonchev–Trinajstić information content (AvgIpc) is 2.82. The molecular weight excluding hydrogens is 287 g/mol. The third-order valence-electron chi connectivity index (χ3n) is 2.91. The zero-order chi connectivity index (χ0) is 16.3. The fourth-order valence-corrected chi connectivity index (χ4v) is 2.05. The van der Waals surface area contributed by atoms with Crippen LogP contribution in [-0.2, 0) is 9.47 Å². The number of ether oxygens (including phenoxy) is 2. The standard InChI is InChI=1S/C16H21FN2O3/c1-5-21-10-11(17)14-18-12-8-6-7-9-13(12)19(14)15(20)22-16(2,3)4/h6-9,11H,5,10H2,1-4H3. The van der Waals surface area contributed by atoms with Crippen LogP contribution in [0.4, 0.5) is 9.18 Å². The number of hydrogen-bond donors (Lipinski definition) is 0. The summed E-state index contributed by atoms with van der Waals surface area (Å²) in [6, 6.07) is 7.00. The average molecular weight is 308 g/mol. The van der Waals surface area contributed by atoms with Crippen LogP contribution < -0.4 is 0 Å². The van der Waals surface area contributed by atoms with E-state index in [-0.39, 0.29) is 12.4 Å². The van der Waals surface area contributed by atoms with Crippen LogP contribution in [0.1, 0.15) is 39.7 Å². The fourth-order valence-electron chi connectivity index (χ4n) is 2.05. The SMILES string of the molecule is CCOCC(F)c1nc2ccccc2n1C(=O)OC(C)(C)C. The van der Waals surface area contributed by atoms with Crippen molar-refractivity contribution < 1.29 is 18.7 Å². The van der Waals surface area contributed by atoms with Crippen molar-refractivity contribution in [3.63, 3.8) is 0 Å². The van der Waals surface area contributed by atoms with Crippen LogP contribution in [0.15, 0.2) is 24.3 Å². The van der Waals surface area contributed by atoms with E-state index in [2.05, 4.69) is 4.98 Å². The number of para-hydroxylation sites is 2. The molecule has 120 valence electrons. The number of nitrogens with zero attached hydrogens (tertiary/aromatic N) is 2. The van der Waals surface area contributed by atoms with Gasteiger partial charge in [0.05, 0.1) is 17.6 Å². The normalized spacial score (nSPS) is 13.3. The fraction of sp³-hybridized carbons (Fsp3) is 0.500. The predicted octanol–water partition coefficient (Wildman–Crippen LogP) is 3.87. The van der Waals surface area contributed by atoms with E-state index in [1.807, 2.05) is 0 Å². The molecule has 1 aromatic carbocycles. The molecular formula is C16H21FN2O3. The Labute approximate surface area is 129 Å². The lowest BCUT2D eigenvalue weighted by molar-refractivity contribution is 0.0506. The summed E-state index contributed by atoms with van der Waals surface area (Å²) < 4.78 is 26.0. The molecule has 0 aliphatic rings. The minimum atomic E-state index is -1.50. The summed E-state index contributed by atoms with van der Waals surface area (Å²) in [4.78, 5) is 16.7. The molecule has 0 N–H and O–H groups in total. The predicted molar refractivity (Wildman–Crippen MR) is 81.7 cm³/mol. The Morgan fingerprint density at radius 1 is 1.36 bits per heavy atom. The van der Waals surface area contributed by atoms with Crippen molar-refractivity contribution in [2.75, 3.05) is 13.2 Å². The van der Waals surface area contributed by atoms with Gasteiger partial charge in [-0.05, 0) is 39.8 Å². The minimum Gasteiger partial charge on any atom is -0.443 e. The summed E-state index contributed by atoms with van der Waals surface area (Å²) in [5, 5.41) is 0. The first-order chi connectivity index (χ1) is 10.3. The van der Waals surface area contributed by atoms with Gasteiger partial charge in [-0.15, -0.1) is 0 Å². The molecule has 0 radical (unpaired) electrons. The van der Waals surface area contributed by atoms with E-state index in [1.165, 1.54) is 4.57 Å². The highest BCUT2D eigenvalue weighted by atomic mass is 19.1. The van der Waals surface area contributed by atoms with Gasteiger partial charge >= 0.3 is 6.09 Å². The summed E-state index contributed by atoms with van der Waals surface area (Å²) in [7, 11) is 0. The Kier molecular flexibility index (Phi) is 4.81. The topological polar surface area (TPSA) is 53.4 Å². The van der Waals surface area contributed by atoms with Gasteiger partial charge in [0, 0.05) is 6.61 Å². The summed E-state index contributed by atoms with van der Waals surface area (Å²) >= 11 is 0. The van der Waals surface area contributed by atoms with Crippen molar-refractivity contribution in [2.24, 2.45) is 0 Å². The van der Waals surface area contributed by atoms with Gasteiger partial charge in [0.1, 0.15) is 5.60 Å². The van der Waals surface area contributed by atoms with E-state index >= 15 is 0 Å². The first-order valence-corrected chi connectivity index (χ1v) is 7.26. The number of alkyl halides is 1. The second kappa shape index (κ2) is 6.44. The second-order valence-electron chi connectivity index (χ2n) is 5.90. The third kappa shape index (κ3) is 3.62. The third-order valence-corrected chi connectivity index (χ3v) is 2.91. The molecule has 0 saturated heterocycles. The highest BCUT2D eigenvalue weighted by Crippen LogP contribution is 2.25. The zero-order valence-corrected chi connectivity index (χ0v) is 13.3. The summed E-state index contributed by atoms with van der Waals surface area (Å²) in [5.74, 6) is 0.00361. The van der Waals surface area contributed by atoms with Gasteiger partial charge < -0.3 is 9.47 Å². The van der Waals surface area contributed by atoms with Crippen LogP contribution in [0.2, 0.25) is 0 Å². The highest BCUT2D eigenvalue weighted by molar-refractivity contribution is 5.87. The first-order valence-electron chi connectivity index (χ1n) is 7.26. The Balaban J connectivity index is 2.46. The maximum Gasteiger partial charge on any atom is 0.420 e. The highest BCUT2D eigenvalue weighted by Gasteiger charge is 2.27. The van der Waals surface area contributed by atoms with E-state index in [9.17, 15) is 9.18 Å². The molecule has 0 amide bonds. The Bertz CT molecular complexity index is 661. The molecule has 2 aromatic rings. The van der Waals surface area contributed by atoms with Gasteiger partial charge in [-0.2, -0.15) is 0 Å². The molecule has 0 saturated carbocycles. The lowest BCUT2D eigenvalue weighted by Gasteiger charge is -2.21. The van der Waals surface area contributed by atoms with Gasteiger partial charge in [0.2, 0.25) is 0 Å². The maximum atomic E-state index is 14.4. The number of rotatable bonds is 4. The molecule has 0 aliphatic heterocycles. The zero-order valence-electron chi connectivity index (χ0n) is 13.3. The molecule has 1 atom stereocenters. The number of benzene rings is 1. The van der Waals surface area contributed by atoms with Gasteiger partial charge in [-0.25, -0.2) is 18.7 Å². The van der Waals surface area contributed by atoms with Crippen LogP contribution in [0.5, 0.6) is 0 Å². The van der Waals surface area contributed by atoms with Gasteiger partial charge in [-0.3, -0.25) is 0 Å². The Morgan fingerprint density at radius 3 is 2.68 bits per heavy atom. The molecule has 2 rings (SSSR count). The molecule has 6 heteroatoms. The van der Waals surface area contributed by atoms with Crippen LogP contribution in [0.25, 0.3) is 11.0 Å². The smallest absolute Gasteiger partial charge is 0.420 e. The van der Waals surface area contributed by atoms with E-state index < -0.39 is 17.9 Å². The molecule has 22 heavy (non-hydrogen) atoms. The van der Waals surface area contributed by atoms with E-state index in [1.54, 1.807) is 52.0 Å². The number of halogens is 1. The van der Waals surface area contributed by atoms with Crippen LogP contribution >= 0.6 is 0 Å². The Morgan fingerprint density at radius 2 is 2.05 bits per heavy atom. The largest absolute Gasteiger partial charge is 0.443 e. The van der Waals surface area contributed by atoms with E-state index in [4.69, 9.17) is 9.47 Å². The Hall–Kier alpha value is -1.95. The van der Waals surface area contributed by atoms with Gasteiger partial charge in [-0.1, -0.05) is 12.1 Å². The molecule has 0 bridgehead atoms. The van der Waals surface area contributed by atoms with E-state index in [0.717, 1.165) is 0 Å². The molecule has 0 fully saturated rings.